The molecule has 146 valence electrons. The number of benzene rings is 2. The summed E-state index contributed by atoms with van der Waals surface area (Å²) in [5.41, 5.74) is 0. The Kier molecular flexibility index (Phi) is 7.10. The first-order chi connectivity index (χ1) is 11.4. The van der Waals surface area contributed by atoms with Gasteiger partial charge in [-0.25, -0.2) is 0 Å². The zero-order valence-corrected chi connectivity index (χ0v) is 15.3. The van der Waals surface area contributed by atoms with E-state index < -0.39 is 70.8 Å². The molecule has 0 spiro atoms. The van der Waals surface area contributed by atoms with Crippen molar-refractivity contribution in [2.75, 3.05) is 0 Å². The van der Waals surface area contributed by atoms with Gasteiger partial charge in [0.15, 0.2) is 0 Å². The molecule has 0 aliphatic carbocycles. The van der Waals surface area contributed by atoms with Gasteiger partial charge >= 0.3 is 51.4 Å². The Morgan fingerprint density at radius 2 is 0.741 bits per heavy atom. The second-order valence-corrected chi connectivity index (χ2v) is 10.5. The van der Waals surface area contributed by atoms with Crippen LogP contribution in [0.15, 0.2) is 43.8 Å². The van der Waals surface area contributed by atoms with Gasteiger partial charge in [0.2, 0.25) is 0 Å². The average molecular weight is 489 g/mol. The molecule has 0 aromatic heterocycles. The topological polar surface area (TPSA) is 217 Å². The van der Waals surface area contributed by atoms with E-state index in [-0.39, 0.29) is 63.5 Å². The van der Waals surface area contributed by atoms with Crippen molar-refractivity contribution >= 4 is 103 Å². The molecular weight excluding hydrogens is 479 g/mol. The van der Waals surface area contributed by atoms with Crippen molar-refractivity contribution in [1.82, 2.24) is 0 Å². The van der Waals surface area contributed by atoms with E-state index in [4.69, 9.17) is 9.11 Å². The molecule has 2 aromatic rings. The van der Waals surface area contributed by atoms with Crippen molar-refractivity contribution in [3.8, 4) is 0 Å². The minimum atomic E-state index is -5.27. The first kappa shape index (κ1) is 25.0. The molecule has 0 atom stereocenters. The zero-order valence-electron chi connectivity index (χ0n) is 12.0. The SMILES string of the molecule is O=S(=O)(O)c1cc(S(=O)(=O)O)c2cc(S(=O)(=O)O)cc(S(=O)(=O)O)c2c1.[KH]. The molecule has 0 fully saturated rings. The molecule has 27 heavy (non-hydrogen) atoms. The monoisotopic (exact) mass is 488 g/mol. The van der Waals surface area contributed by atoms with Crippen LogP contribution in [0.2, 0.25) is 0 Å². The van der Waals surface area contributed by atoms with Gasteiger partial charge in [-0.2, -0.15) is 33.7 Å². The number of fused-ring (bicyclic) bond motifs is 1. The summed E-state index contributed by atoms with van der Waals surface area (Å²) in [6.07, 6.45) is 0. The third kappa shape index (κ3) is 5.53. The van der Waals surface area contributed by atoms with E-state index in [0.717, 1.165) is 0 Å². The summed E-state index contributed by atoms with van der Waals surface area (Å²) in [4.78, 5) is -4.92. The predicted octanol–water partition coefficient (Wildman–Crippen LogP) is -0.822. The summed E-state index contributed by atoms with van der Waals surface area (Å²) >= 11 is 0. The summed E-state index contributed by atoms with van der Waals surface area (Å²) in [7, 11) is -20.7. The van der Waals surface area contributed by atoms with Crippen LogP contribution in [0.4, 0.5) is 0 Å². The van der Waals surface area contributed by atoms with Crippen molar-refractivity contribution in [2.45, 2.75) is 19.6 Å². The number of hydrogen-bond acceptors (Lipinski definition) is 8. The van der Waals surface area contributed by atoms with Gasteiger partial charge in [0.25, 0.3) is 40.5 Å². The Morgan fingerprint density at radius 1 is 0.481 bits per heavy atom. The van der Waals surface area contributed by atoms with Crippen LogP contribution >= 0.6 is 0 Å². The molecule has 2 aromatic carbocycles. The van der Waals surface area contributed by atoms with Crippen LogP contribution < -0.4 is 0 Å². The second-order valence-electron chi connectivity index (χ2n) is 4.84. The zero-order chi connectivity index (χ0) is 20.3. The Balaban J connectivity index is 0.00000364. The van der Waals surface area contributed by atoms with E-state index in [0.29, 0.717) is 12.1 Å². The normalized spacial score (nSPS) is 13.3. The van der Waals surface area contributed by atoms with Gasteiger partial charge in [-0.1, -0.05) is 0 Å². The van der Waals surface area contributed by atoms with E-state index in [1.807, 2.05) is 0 Å². The molecule has 0 aliphatic heterocycles. The minimum absolute atomic E-state index is 0. The Labute approximate surface area is 196 Å². The molecule has 0 bridgehead atoms. The fraction of sp³-hybridized carbons (Fsp3) is 0. The maximum atomic E-state index is 11.5. The Bertz CT molecular complexity index is 1250. The van der Waals surface area contributed by atoms with Crippen LogP contribution in [0.3, 0.4) is 0 Å². The van der Waals surface area contributed by atoms with Gasteiger partial charge in [-0.05, 0) is 24.3 Å². The van der Waals surface area contributed by atoms with Gasteiger partial charge in [-0.15, -0.1) is 0 Å². The summed E-state index contributed by atoms with van der Waals surface area (Å²) in [5.74, 6) is 0. The first-order valence-electron chi connectivity index (χ1n) is 5.94. The van der Waals surface area contributed by atoms with Gasteiger partial charge in [-0.3, -0.25) is 18.2 Å². The van der Waals surface area contributed by atoms with Crippen LogP contribution in [0.1, 0.15) is 0 Å². The van der Waals surface area contributed by atoms with E-state index >= 15 is 0 Å². The second kappa shape index (κ2) is 7.67. The summed E-state index contributed by atoms with van der Waals surface area (Å²) < 4.78 is 128. The molecule has 0 amide bonds. The van der Waals surface area contributed by atoms with Crippen LogP contribution in [0.5, 0.6) is 0 Å². The third-order valence-electron chi connectivity index (χ3n) is 3.09. The molecule has 12 nitrogen and oxygen atoms in total. The van der Waals surface area contributed by atoms with Crippen molar-refractivity contribution in [3.05, 3.63) is 24.3 Å². The fourth-order valence-corrected chi connectivity index (χ4v) is 4.73. The molecule has 4 N–H and O–H groups in total. The fourth-order valence-electron chi connectivity index (χ4n) is 2.07. The summed E-state index contributed by atoms with van der Waals surface area (Å²) in [6, 6.07) is 1.32. The van der Waals surface area contributed by atoms with Gasteiger partial charge in [0, 0.05) is 10.8 Å². The molecule has 0 aliphatic rings. The molecule has 0 saturated heterocycles. The number of rotatable bonds is 4. The molecule has 0 heterocycles. The third-order valence-corrected chi connectivity index (χ3v) is 6.54. The van der Waals surface area contributed by atoms with Gasteiger partial charge < -0.3 is 0 Å². The van der Waals surface area contributed by atoms with Gasteiger partial charge in [0.1, 0.15) is 9.79 Å². The number of hydrogen-bond donors (Lipinski definition) is 4. The van der Waals surface area contributed by atoms with Crippen molar-refractivity contribution in [2.24, 2.45) is 0 Å². The van der Waals surface area contributed by atoms with Crippen LogP contribution in [-0.2, 0) is 40.5 Å². The van der Waals surface area contributed by atoms with Crippen molar-refractivity contribution < 1.29 is 51.9 Å². The molecule has 0 saturated carbocycles. The summed E-state index contributed by atoms with van der Waals surface area (Å²) in [6.45, 7) is 0. The Hall–Kier alpha value is -0.0236. The van der Waals surface area contributed by atoms with E-state index in [1.54, 1.807) is 0 Å². The molecule has 2 rings (SSSR count). The van der Waals surface area contributed by atoms with Crippen LogP contribution in [-0.4, -0.2) is 103 Å². The standard InChI is InChI=1S/C10H8O12S4.K.H/c11-23(12,13)5-1-7-8(10(3-5)26(20,21)22)2-6(24(14,15)16)4-9(7)25(17,18)19;;/h1-4H,(H,11,12,13)(H,14,15,16)(H,17,18,19)(H,20,21,22);;. The van der Waals surface area contributed by atoms with Crippen molar-refractivity contribution in [3.63, 3.8) is 0 Å². The van der Waals surface area contributed by atoms with E-state index in [2.05, 4.69) is 0 Å². The van der Waals surface area contributed by atoms with E-state index in [9.17, 15) is 42.8 Å². The molecule has 17 heteroatoms. The van der Waals surface area contributed by atoms with Gasteiger partial charge in [0.05, 0.1) is 9.79 Å². The average Bonchev–Trinajstić information content (AvgIpc) is 2.40. The van der Waals surface area contributed by atoms with Crippen LogP contribution in [0.25, 0.3) is 10.8 Å². The maximum absolute atomic E-state index is 11.5. The molecular formula is C10H9KO12S4. The first-order valence-corrected chi connectivity index (χ1v) is 11.7. The molecule has 0 radical (unpaired) electrons. The molecule has 0 unspecified atom stereocenters. The quantitative estimate of drug-likeness (QED) is 0.306. The Morgan fingerprint density at radius 3 is 0.926 bits per heavy atom. The predicted molar refractivity (Wildman–Crippen MR) is 90.4 cm³/mol. The van der Waals surface area contributed by atoms with Crippen molar-refractivity contribution in [1.29, 1.82) is 0 Å². The van der Waals surface area contributed by atoms with Crippen LogP contribution in [0, 0.1) is 0 Å². The van der Waals surface area contributed by atoms with E-state index in [1.165, 1.54) is 0 Å². The summed E-state index contributed by atoms with van der Waals surface area (Å²) in [5, 5.41) is -1.72.